The monoisotopic (exact) mass is 317 g/mol. The lowest BCUT2D eigenvalue weighted by molar-refractivity contribution is -0.118. The number of nitrogens with zero attached hydrogens (tertiary/aromatic N) is 1. The number of benzene rings is 2. The van der Waals surface area contributed by atoms with Gasteiger partial charge in [0.05, 0.1) is 5.69 Å². The summed E-state index contributed by atoms with van der Waals surface area (Å²) < 4.78 is 0. The summed E-state index contributed by atoms with van der Waals surface area (Å²) in [5, 5.41) is 0. The second-order valence-corrected chi connectivity index (χ2v) is 6.20. The normalized spacial score (nSPS) is 12.3. The summed E-state index contributed by atoms with van der Waals surface area (Å²) in [6.45, 7) is 3.75. The molecule has 1 aliphatic rings. The Morgan fingerprint density at radius 1 is 1.00 bits per heavy atom. The van der Waals surface area contributed by atoms with Gasteiger partial charge in [-0.15, -0.1) is 0 Å². The minimum Gasteiger partial charge on any atom is -0.366 e. The Balaban J connectivity index is 1.81. The van der Waals surface area contributed by atoms with Gasteiger partial charge in [0, 0.05) is 37.1 Å². The van der Waals surface area contributed by atoms with Gasteiger partial charge in [-0.1, -0.05) is 49.1 Å². The lowest BCUT2D eigenvalue weighted by Gasteiger charge is -2.27. The number of rotatable bonds is 6. The van der Waals surface area contributed by atoms with E-state index in [1.54, 1.807) is 0 Å². The van der Waals surface area contributed by atoms with Crippen molar-refractivity contribution in [3.05, 3.63) is 65.2 Å². The van der Waals surface area contributed by atoms with Crippen molar-refractivity contribution in [3.63, 3.8) is 0 Å². The van der Waals surface area contributed by atoms with E-state index in [1.165, 1.54) is 11.3 Å². The van der Waals surface area contributed by atoms with Crippen LogP contribution in [-0.2, 0) is 11.3 Å². The van der Waals surface area contributed by atoms with Gasteiger partial charge in [0.25, 0.3) is 0 Å². The van der Waals surface area contributed by atoms with E-state index in [0.29, 0.717) is 18.6 Å². The number of fused-ring (bicyclic) bond motifs is 2. The fourth-order valence-corrected chi connectivity index (χ4v) is 3.06. The molecule has 0 saturated carbocycles. The quantitative estimate of drug-likeness (QED) is 0.575. The molecule has 2 aromatic carbocycles. The topological polar surface area (TPSA) is 20.3 Å². The summed E-state index contributed by atoms with van der Waals surface area (Å²) in [7, 11) is 0. The van der Waals surface area contributed by atoms with Crippen LogP contribution in [0.15, 0.2) is 48.5 Å². The Bertz CT molecular complexity index is 782. The van der Waals surface area contributed by atoms with E-state index in [0.717, 1.165) is 37.1 Å². The molecule has 0 saturated heterocycles. The molecule has 0 spiro atoms. The zero-order valence-corrected chi connectivity index (χ0v) is 14.2. The molecule has 0 bridgehead atoms. The molecule has 1 aliphatic heterocycles. The van der Waals surface area contributed by atoms with E-state index in [2.05, 4.69) is 53.1 Å². The van der Waals surface area contributed by atoms with Crippen LogP contribution in [0.3, 0.4) is 0 Å². The molecular formula is C22H23NO. The second-order valence-electron chi connectivity index (χ2n) is 6.20. The van der Waals surface area contributed by atoms with Crippen molar-refractivity contribution >= 4 is 11.5 Å². The number of ketones is 1. The fourth-order valence-electron chi connectivity index (χ4n) is 3.06. The van der Waals surface area contributed by atoms with E-state index < -0.39 is 0 Å². The molecule has 0 atom stereocenters. The van der Waals surface area contributed by atoms with Crippen molar-refractivity contribution in [2.24, 2.45) is 0 Å². The molecule has 0 N–H and O–H groups in total. The highest BCUT2D eigenvalue weighted by Gasteiger charge is 2.14. The first-order valence-electron chi connectivity index (χ1n) is 8.73. The molecule has 2 heteroatoms. The largest absolute Gasteiger partial charge is 0.366 e. The molecule has 24 heavy (non-hydrogen) atoms. The molecule has 0 fully saturated rings. The molecule has 3 rings (SSSR count). The lowest BCUT2D eigenvalue weighted by Crippen LogP contribution is -2.26. The molecular weight excluding hydrogens is 294 g/mol. The smallest absolute Gasteiger partial charge is 0.132 e. The predicted octanol–water partition coefficient (Wildman–Crippen LogP) is 4.56. The van der Waals surface area contributed by atoms with Crippen LogP contribution in [0.5, 0.6) is 0 Å². The van der Waals surface area contributed by atoms with E-state index in [9.17, 15) is 4.79 Å². The average Bonchev–Trinajstić information content (AvgIpc) is 2.61. The number of carbonyl (C=O) groups is 1. The van der Waals surface area contributed by atoms with Gasteiger partial charge in [-0.2, -0.15) is 0 Å². The van der Waals surface area contributed by atoms with Crippen LogP contribution in [0, 0.1) is 11.8 Å². The molecule has 2 aromatic rings. The Hall–Kier alpha value is -2.53. The number of para-hydroxylation sites is 1. The average molecular weight is 317 g/mol. The number of Topliss-reactive ketones (excluding diaryl/α,β-unsaturated/α-hetero) is 1. The standard InChI is InChI=1S/C22H23NO/c1-2-21(24)12-7-8-16-23-17-20-11-4-3-9-18(20)14-15-19-10-5-6-13-22(19)23/h3-6,9-11,13H,2,7-8,12,16-17H2,1H3. The SMILES string of the molecule is CCC(=O)CCCCN1Cc2ccccc2C#Cc2ccccc21. The Morgan fingerprint density at radius 3 is 2.54 bits per heavy atom. The number of anilines is 1. The number of carbonyl (C=O) groups excluding carboxylic acids is 1. The third-order valence-electron chi connectivity index (χ3n) is 4.48. The van der Waals surface area contributed by atoms with Crippen molar-refractivity contribution in [2.75, 3.05) is 11.4 Å². The minimum absolute atomic E-state index is 0.360. The van der Waals surface area contributed by atoms with Crippen LogP contribution < -0.4 is 4.90 Å². The highest BCUT2D eigenvalue weighted by atomic mass is 16.1. The second kappa shape index (κ2) is 7.84. The lowest BCUT2D eigenvalue weighted by atomic mass is 10.0. The van der Waals surface area contributed by atoms with Crippen LogP contribution in [-0.4, -0.2) is 12.3 Å². The van der Waals surface area contributed by atoms with Crippen molar-refractivity contribution in [1.82, 2.24) is 0 Å². The van der Waals surface area contributed by atoms with Gasteiger partial charge in [-0.25, -0.2) is 0 Å². The van der Waals surface area contributed by atoms with Crippen LogP contribution in [0.1, 0.15) is 49.3 Å². The van der Waals surface area contributed by atoms with Gasteiger partial charge >= 0.3 is 0 Å². The molecule has 0 amide bonds. The van der Waals surface area contributed by atoms with Crippen LogP contribution in [0.4, 0.5) is 5.69 Å². The van der Waals surface area contributed by atoms with Crippen LogP contribution in [0.2, 0.25) is 0 Å². The van der Waals surface area contributed by atoms with Gasteiger partial charge < -0.3 is 4.90 Å². The van der Waals surface area contributed by atoms with Gasteiger partial charge in [0.15, 0.2) is 0 Å². The Kier molecular flexibility index (Phi) is 5.33. The van der Waals surface area contributed by atoms with Crippen LogP contribution in [0.25, 0.3) is 0 Å². The van der Waals surface area contributed by atoms with Gasteiger partial charge in [-0.05, 0) is 36.6 Å². The maximum absolute atomic E-state index is 11.5. The maximum atomic E-state index is 11.5. The highest BCUT2D eigenvalue weighted by molar-refractivity contribution is 5.77. The molecule has 1 heterocycles. The fraction of sp³-hybridized carbons (Fsp3) is 0.318. The third kappa shape index (κ3) is 3.86. The van der Waals surface area contributed by atoms with Crippen molar-refractivity contribution in [1.29, 1.82) is 0 Å². The summed E-state index contributed by atoms with van der Waals surface area (Å²) in [6, 6.07) is 16.7. The van der Waals surface area contributed by atoms with Gasteiger partial charge in [-0.3, -0.25) is 4.79 Å². The zero-order valence-electron chi connectivity index (χ0n) is 14.2. The third-order valence-corrected chi connectivity index (χ3v) is 4.48. The van der Waals surface area contributed by atoms with E-state index in [-0.39, 0.29) is 0 Å². The van der Waals surface area contributed by atoms with Crippen LogP contribution >= 0.6 is 0 Å². The molecule has 0 aliphatic carbocycles. The summed E-state index contributed by atoms with van der Waals surface area (Å²) in [5.74, 6) is 6.99. The summed E-state index contributed by atoms with van der Waals surface area (Å²) in [6.07, 6.45) is 3.33. The minimum atomic E-state index is 0.360. The Labute approximate surface area is 144 Å². The molecule has 2 nitrogen and oxygen atoms in total. The molecule has 0 aromatic heterocycles. The van der Waals surface area contributed by atoms with E-state index in [1.807, 2.05) is 19.1 Å². The number of unbranched alkanes of at least 4 members (excludes halogenated alkanes) is 1. The number of hydrogen-bond acceptors (Lipinski definition) is 2. The van der Waals surface area contributed by atoms with Gasteiger partial charge in [0.1, 0.15) is 5.78 Å². The first-order valence-corrected chi connectivity index (χ1v) is 8.73. The van der Waals surface area contributed by atoms with Gasteiger partial charge in [0.2, 0.25) is 0 Å². The predicted molar refractivity (Wildman–Crippen MR) is 99.1 cm³/mol. The summed E-state index contributed by atoms with van der Waals surface area (Å²) in [4.78, 5) is 13.9. The molecule has 0 unspecified atom stereocenters. The Morgan fingerprint density at radius 2 is 1.71 bits per heavy atom. The molecule has 0 radical (unpaired) electrons. The van der Waals surface area contributed by atoms with E-state index in [4.69, 9.17) is 0 Å². The van der Waals surface area contributed by atoms with Crippen molar-refractivity contribution < 1.29 is 4.79 Å². The summed E-state index contributed by atoms with van der Waals surface area (Å²) >= 11 is 0. The molecule has 122 valence electrons. The maximum Gasteiger partial charge on any atom is 0.132 e. The number of hydrogen-bond donors (Lipinski definition) is 0. The zero-order chi connectivity index (χ0) is 16.8. The first-order chi connectivity index (χ1) is 11.8. The summed E-state index contributed by atoms with van der Waals surface area (Å²) in [5.41, 5.74) is 4.65. The highest BCUT2D eigenvalue weighted by Crippen LogP contribution is 2.25. The van der Waals surface area contributed by atoms with E-state index >= 15 is 0 Å². The van der Waals surface area contributed by atoms with Crippen molar-refractivity contribution in [2.45, 2.75) is 39.2 Å². The van der Waals surface area contributed by atoms with Crippen molar-refractivity contribution in [3.8, 4) is 11.8 Å². The first kappa shape index (κ1) is 16.3.